The van der Waals surface area contributed by atoms with Gasteiger partial charge in [-0.2, -0.15) is 0 Å². The quantitative estimate of drug-likeness (QED) is 0.504. The number of nitrogens with two attached hydrogens (primary N) is 1. The number of methoxy groups -OCH3 is 1. The molecule has 0 heterocycles. The van der Waals surface area contributed by atoms with Crippen LogP contribution < -0.4 is 10.6 Å². The number of carbonyl (C=O) groups is 1. The number of terminal acetylenes is 1. The number of ether oxygens (including phenoxy) is 1. The van der Waals surface area contributed by atoms with Crippen molar-refractivity contribution in [2.75, 3.05) is 24.3 Å². The molecule has 0 spiro atoms. The lowest BCUT2D eigenvalue weighted by molar-refractivity contribution is -0.139. The summed E-state index contributed by atoms with van der Waals surface area (Å²) in [5, 5.41) is 0. The Morgan fingerprint density at radius 2 is 2.00 bits per heavy atom. The van der Waals surface area contributed by atoms with Gasteiger partial charge in [0, 0.05) is 17.9 Å². The van der Waals surface area contributed by atoms with E-state index in [0.717, 1.165) is 11.3 Å². The normalized spacial score (nSPS) is 10.0. The van der Waals surface area contributed by atoms with Crippen LogP contribution in [0.15, 0.2) is 42.5 Å². The van der Waals surface area contributed by atoms with Crippen molar-refractivity contribution in [3.05, 3.63) is 59.4 Å². The first-order valence-electron chi connectivity index (χ1n) is 7.41. The second-order valence-corrected chi connectivity index (χ2v) is 5.32. The molecule has 0 atom stereocenters. The molecule has 0 aliphatic carbocycles. The van der Waals surface area contributed by atoms with Gasteiger partial charge in [-0.15, -0.1) is 6.42 Å². The summed E-state index contributed by atoms with van der Waals surface area (Å²) in [5.74, 6) is 1.99. The summed E-state index contributed by atoms with van der Waals surface area (Å²) in [4.78, 5) is 13.3. The van der Waals surface area contributed by atoms with Gasteiger partial charge in [-0.05, 0) is 35.4 Å². The van der Waals surface area contributed by atoms with Crippen LogP contribution in [0.2, 0.25) is 0 Å². The minimum Gasteiger partial charge on any atom is -0.469 e. The predicted molar refractivity (Wildman–Crippen MR) is 92.9 cm³/mol. The van der Waals surface area contributed by atoms with E-state index in [4.69, 9.17) is 12.2 Å². The van der Waals surface area contributed by atoms with Gasteiger partial charge in [0.05, 0.1) is 20.1 Å². The molecule has 0 radical (unpaired) electrons. The van der Waals surface area contributed by atoms with Crippen LogP contribution in [0.5, 0.6) is 0 Å². The van der Waals surface area contributed by atoms with Crippen LogP contribution in [-0.2, 0) is 22.5 Å². The van der Waals surface area contributed by atoms with E-state index in [1.807, 2.05) is 11.0 Å². The van der Waals surface area contributed by atoms with Gasteiger partial charge in [-0.3, -0.25) is 4.79 Å². The van der Waals surface area contributed by atoms with E-state index in [0.29, 0.717) is 24.3 Å². The van der Waals surface area contributed by atoms with Crippen LogP contribution in [0.1, 0.15) is 11.1 Å². The molecule has 0 aliphatic heterocycles. The van der Waals surface area contributed by atoms with E-state index in [1.54, 1.807) is 24.3 Å². The van der Waals surface area contributed by atoms with Crippen LogP contribution in [0.3, 0.4) is 0 Å². The average Bonchev–Trinajstić information content (AvgIpc) is 2.58. The van der Waals surface area contributed by atoms with Crippen molar-refractivity contribution < 1.29 is 13.9 Å². The van der Waals surface area contributed by atoms with E-state index in [2.05, 4.69) is 10.7 Å². The maximum absolute atomic E-state index is 13.0. The van der Waals surface area contributed by atoms with Crippen molar-refractivity contribution in [1.82, 2.24) is 0 Å². The van der Waals surface area contributed by atoms with Crippen molar-refractivity contribution in [3.8, 4) is 12.3 Å². The molecule has 0 amide bonds. The highest BCUT2D eigenvalue weighted by atomic mass is 19.1. The van der Waals surface area contributed by atoms with Crippen molar-refractivity contribution in [1.29, 1.82) is 0 Å². The van der Waals surface area contributed by atoms with Gasteiger partial charge in [0.2, 0.25) is 0 Å². The molecule has 0 unspecified atom stereocenters. The summed E-state index contributed by atoms with van der Waals surface area (Å²) in [6.45, 7) is 0.910. The Morgan fingerprint density at radius 3 is 2.58 bits per heavy atom. The third-order valence-corrected chi connectivity index (χ3v) is 3.63. The summed E-state index contributed by atoms with van der Waals surface area (Å²) in [6, 6.07) is 11.7. The molecule has 2 N–H and O–H groups in total. The van der Waals surface area contributed by atoms with Crippen molar-refractivity contribution >= 4 is 17.3 Å². The number of benzene rings is 2. The Bertz CT molecular complexity index is 751. The number of carbonyl (C=O) groups excluding carboxylic acids is 1. The Kier molecular flexibility index (Phi) is 5.80. The van der Waals surface area contributed by atoms with E-state index in [1.165, 1.54) is 19.2 Å². The number of anilines is 2. The van der Waals surface area contributed by atoms with Crippen LogP contribution in [0.4, 0.5) is 15.8 Å². The largest absolute Gasteiger partial charge is 0.469 e. The molecule has 0 aliphatic rings. The second kappa shape index (κ2) is 8.02. The molecule has 2 rings (SSSR count). The second-order valence-electron chi connectivity index (χ2n) is 5.32. The van der Waals surface area contributed by atoms with Gasteiger partial charge in [0.25, 0.3) is 0 Å². The topological polar surface area (TPSA) is 55.6 Å². The highest BCUT2D eigenvalue weighted by molar-refractivity contribution is 5.75. The minimum atomic E-state index is -0.346. The summed E-state index contributed by atoms with van der Waals surface area (Å²) in [6.07, 6.45) is 5.57. The number of esters is 1. The van der Waals surface area contributed by atoms with Crippen molar-refractivity contribution in [2.24, 2.45) is 0 Å². The van der Waals surface area contributed by atoms with Gasteiger partial charge >= 0.3 is 5.97 Å². The maximum atomic E-state index is 13.0. The fourth-order valence-electron chi connectivity index (χ4n) is 2.33. The number of halogens is 1. The Balaban J connectivity index is 2.21. The van der Waals surface area contributed by atoms with Crippen molar-refractivity contribution in [3.63, 3.8) is 0 Å². The van der Waals surface area contributed by atoms with E-state index in [9.17, 15) is 9.18 Å². The Morgan fingerprint density at radius 1 is 1.29 bits per heavy atom. The fourth-order valence-corrected chi connectivity index (χ4v) is 2.33. The van der Waals surface area contributed by atoms with Gasteiger partial charge < -0.3 is 15.4 Å². The molecular formula is C19H19FN2O2. The predicted octanol–water partition coefficient (Wildman–Crippen LogP) is 2.76. The molecule has 4 nitrogen and oxygen atoms in total. The first-order chi connectivity index (χ1) is 11.5. The average molecular weight is 326 g/mol. The van der Waals surface area contributed by atoms with E-state index in [-0.39, 0.29) is 18.2 Å². The zero-order chi connectivity index (χ0) is 17.5. The summed E-state index contributed by atoms with van der Waals surface area (Å²) >= 11 is 0. The van der Waals surface area contributed by atoms with Gasteiger partial charge in [0.15, 0.2) is 0 Å². The van der Waals surface area contributed by atoms with Gasteiger partial charge in [0.1, 0.15) is 5.82 Å². The third kappa shape index (κ3) is 4.50. The van der Waals surface area contributed by atoms with Crippen LogP contribution in [0.25, 0.3) is 0 Å². The van der Waals surface area contributed by atoms with Crippen LogP contribution >= 0.6 is 0 Å². The lowest BCUT2D eigenvalue weighted by atomic mass is 10.1. The standard InChI is InChI=1S/C19H19FN2O2/c1-3-10-22(13-14-4-7-16(20)8-5-14)17-9-6-15(18(21)12-17)11-19(23)24-2/h1,4-9,12H,10-11,13,21H2,2H3. The number of rotatable bonds is 6. The first-order valence-corrected chi connectivity index (χ1v) is 7.41. The van der Waals surface area contributed by atoms with Crippen molar-refractivity contribution in [2.45, 2.75) is 13.0 Å². The smallest absolute Gasteiger partial charge is 0.310 e. The number of nitrogens with zero attached hydrogens (tertiary/aromatic N) is 1. The third-order valence-electron chi connectivity index (χ3n) is 3.63. The lowest BCUT2D eigenvalue weighted by Crippen LogP contribution is -2.23. The van der Waals surface area contributed by atoms with E-state index >= 15 is 0 Å². The summed E-state index contributed by atoms with van der Waals surface area (Å²) in [7, 11) is 1.34. The number of nitrogen functional groups attached to an aromatic ring is 1. The molecule has 124 valence electrons. The van der Waals surface area contributed by atoms with Gasteiger partial charge in [-0.1, -0.05) is 24.1 Å². The summed E-state index contributed by atoms with van der Waals surface area (Å²) < 4.78 is 17.7. The molecule has 0 aromatic heterocycles. The fraction of sp³-hybridized carbons (Fsp3) is 0.211. The molecule has 2 aromatic carbocycles. The Labute approximate surface area is 141 Å². The maximum Gasteiger partial charge on any atom is 0.310 e. The number of hydrogen-bond acceptors (Lipinski definition) is 4. The van der Waals surface area contributed by atoms with E-state index < -0.39 is 0 Å². The van der Waals surface area contributed by atoms with Crippen LogP contribution in [-0.4, -0.2) is 19.6 Å². The molecule has 0 bridgehead atoms. The summed E-state index contributed by atoms with van der Waals surface area (Å²) in [5.41, 5.74) is 9.01. The SMILES string of the molecule is C#CCN(Cc1ccc(F)cc1)c1ccc(CC(=O)OC)c(N)c1. The number of hydrogen-bond donors (Lipinski definition) is 1. The molecule has 0 saturated heterocycles. The molecule has 0 fully saturated rings. The molecule has 2 aromatic rings. The zero-order valence-corrected chi connectivity index (χ0v) is 13.5. The lowest BCUT2D eigenvalue weighted by Gasteiger charge is -2.23. The highest BCUT2D eigenvalue weighted by Crippen LogP contribution is 2.23. The molecule has 5 heteroatoms. The highest BCUT2D eigenvalue weighted by Gasteiger charge is 2.11. The molecular weight excluding hydrogens is 307 g/mol. The zero-order valence-electron chi connectivity index (χ0n) is 13.5. The Hall–Kier alpha value is -3.00. The van der Waals surface area contributed by atoms with Crippen LogP contribution in [0, 0.1) is 18.2 Å². The first kappa shape index (κ1) is 17.4. The van der Waals surface area contributed by atoms with Gasteiger partial charge in [-0.25, -0.2) is 4.39 Å². The monoisotopic (exact) mass is 326 g/mol. The minimum absolute atomic E-state index is 0.121. The molecule has 24 heavy (non-hydrogen) atoms. The molecule has 0 saturated carbocycles.